The van der Waals surface area contributed by atoms with Crippen LogP contribution in [0.2, 0.25) is 0 Å². The molecule has 11 rings (SSSR count). The number of benzene rings is 10. The van der Waals surface area contributed by atoms with Crippen LogP contribution in [0, 0.1) is 0 Å². The minimum absolute atomic E-state index is 0.905. The summed E-state index contributed by atoms with van der Waals surface area (Å²) >= 11 is 0. The predicted octanol–water partition coefficient (Wildman–Crippen LogP) is 16.0. The summed E-state index contributed by atoms with van der Waals surface area (Å²) in [6, 6.07) is 80.6. The second-order valence-corrected chi connectivity index (χ2v) is 14.9. The van der Waals surface area contributed by atoms with E-state index in [0.717, 1.165) is 50.1 Å². The van der Waals surface area contributed by atoms with E-state index < -0.39 is 0 Å². The van der Waals surface area contributed by atoms with Gasteiger partial charge in [0.1, 0.15) is 11.2 Å². The van der Waals surface area contributed by atoms with E-state index in [0.29, 0.717) is 0 Å². The Kier molecular flexibility index (Phi) is 8.19. The van der Waals surface area contributed by atoms with Crippen molar-refractivity contribution < 1.29 is 4.42 Å². The van der Waals surface area contributed by atoms with Gasteiger partial charge in [0, 0.05) is 33.3 Å². The molecule has 0 aliphatic rings. The van der Waals surface area contributed by atoms with Crippen molar-refractivity contribution in [1.82, 2.24) is 0 Å². The van der Waals surface area contributed by atoms with E-state index in [1.165, 1.54) is 54.9 Å². The first-order valence-corrected chi connectivity index (χ1v) is 19.8. The van der Waals surface area contributed by atoms with Gasteiger partial charge in [-0.15, -0.1) is 0 Å². The van der Waals surface area contributed by atoms with Gasteiger partial charge in [0.25, 0.3) is 0 Å². The molecule has 0 amide bonds. The molecule has 0 aliphatic heterocycles. The molecule has 0 N–H and O–H groups in total. The van der Waals surface area contributed by atoms with E-state index in [9.17, 15) is 0 Å². The van der Waals surface area contributed by atoms with Crippen molar-refractivity contribution in [2.75, 3.05) is 4.90 Å². The molecule has 1 heterocycles. The predicted molar refractivity (Wildman–Crippen MR) is 245 cm³/mol. The topological polar surface area (TPSA) is 16.4 Å². The van der Waals surface area contributed by atoms with Gasteiger partial charge in [-0.25, -0.2) is 0 Å². The number of hydrogen-bond acceptors (Lipinski definition) is 2. The Bertz CT molecular complexity index is 3250. The minimum atomic E-state index is 0.905. The van der Waals surface area contributed by atoms with Crippen LogP contribution < -0.4 is 4.90 Å². The van der Waals surface area contributed by atoms with Crippen LogP contribution >= 0.6 is 0 Å². The molecule has 0 fully saturated rings. The molecule has 0 radical (unpaired) electrons. The summed E-state index contributed by atoms with van der Waals surface area (Å²) in [7, 11) is 0. The first-order valence-electron chi connectivity index (χ1n) is 19.8. The van der Waals surface area contributed by atoms with Crippen molar-refractivity contribution in [2.45, 2.75) is 0 Å². The van der Waals surface area contributed by atoms with Crippen LogP contribution in [-0.2, 0) is 0 Å². The number of rotatable bonds is 7. The molecule has 0 spiro atoms. The van der Waals surface area contributed by atoms with Crippen molar-refractivity contribution in [2.24, 2.45) is 0 Å². The Hall–Kier alpha value is -7.68. The highest BCUT2D eigenvalue weighted by Gasteiger charge is 2.19. The summed E-state index contributed by atoms with van der Waals surface area (Å²) < 4.78 is 6.44. The average Bonchev–Trinajstić information content (AvgIpc) is 3.69. The highest BCUT2D eigenvalue weighted by atomic mass is 16.3. The number of nitrogens with zero attached hydrogens (tertiary/aromatic N) is 1. The van der Waals surface area contributed by atoms with Crippen molar-refractivity contribution in [3.05, 3.63) is 224 Å². The molecular formula is C56H37NO. The van der Waals surface area contributed by atoms with Gasteiger partial charge in [0.15, 0.2) is 0 Å². The van der Waals surface area contributed by atoms with Crippen LogP contribution in [0.1, 0.15) is 0 Å². The Morgan fingerprint density at radius 2 is 0.707 bits per heavy atom. The normalized spacial score (nSPS) is 11.4. The van der Waals surface area contributed by atoms with E-state index in [4.69, 9.17) is 4.42 Å². The van der Waals surface area contributed by atoms with Crippen LogP contribution in [0.25, 0.3) is 88.0 Å². The van der Waals surface area contributed by atoms with Gasteiger partial charge >= 0.3 is 0 Å². The zero-order valence-corrected chi connectivity index (χ0v) is 31.7. The highest BCUT2D eigenvalue weighted by molar-refractivity contribution is 6.09. The van der Waals surface area contributed by atoms with Gasteiger partial charge in [0.2, 0.25) is 0 Å². The second kappa shape index (κ2) is 14.1. The molecule has 0 atom stereocenters. The fraction of sp³-hybridized carbons (Fsp3) is 0. The summed E-state index contributed by atoms with van der Waals surface area (Å²) in [6.07, 6.45) is 0. The number of hydrogen-bond donors (Lipinski definition) is 0. The third kappa shape index (κ3) is 5.82. The Labute approximate surface area is 337 Å². The number of furan rings is 1. The third-order valence-electron chi connectivity index (χ3n) is 11.5. The van der Waals surface area contributed by atoms with Crippen LogP contribution in [-0.4, -0.2) is 0 Å². The molecule has 272 valence electrons. The van der Waals surface area contributed by atoms with E-state index >= 15 is 0 Å². The molecule has 0 saturated carbocycles. The molecule has 0 unspecified atom stereocenters. The fourth-order valence-electron chi connectivity index (χ4n) is 8.67. The molecule has 2 heteroatoms. The van der Waals surface area contributed by atoms with Gasteiger partial charge in [-0.2, -0.15) is 0 Å². The molecule has 58 heavy (non-hydrogen) atoms. The van der Waals surface area contributed by atoms with Crippen molar-refractivity contribution >= 4 is 60.5 Å². The molecule has 0 saturated heterocycles. The maximum absolute atomic E-state index is 6.44. The number of fused-ring (bicyclic) bond motifs is 5. The second-order valence-electron chi connectivity index (χ2n) is 14.9. The molecule has 11 aromatic rings. The molecular weight excluding hydrogens is 703 g/mol. The lowest BCUT2D eigenvalue weighted by atomic mass is 9.95. The SMILES string of the molecule is c1ccc(N(c2ccc(-c3ccc(-c4cccc5ccccc45)cc3)cc2)c2ccc(-c3cccc4c3oc3ccccc34)cc2)c(-c2cccc3ccccc23)c1. The van der Waals surface area contributed by atoms with Gasteiger partial charge in [0.05, 0.1) is 5.69 Å². The summed E-state index contributed by atoms with van der Waals surface area (Å²) in [5.74, 6) is 0. The lowest BCUT2D eigenvalue weighted by molar-refractivity contribution is 0.670. The summed E-state index contributed by atoms with van der Waals surface area (Å²) in [5.41, 5.74) is 14.5. The highest BCUT2D eigenvalue weighted by Crippen LogP contribution is 2.44. The van der Waals surface area contributed by atoms with Gasteiger partial charge in [-0.3, -0.25) is 0 Å². The summed E-state index contributed by atoms with van der Waals surface area (Å²) in [4.78, 5) is 2.38. The molecule has 10 aromatic carbocycles. The fourth-order valence-corrected chi connectivity index (χ4v) is 8.67. The Balaban J connectivity index is 1.00. The van der Waals surface area contributed by atoms with Crippen LogP contribution in [0.15, 0.2) is 229 Å². The first kappa shape index (κ1) is 33.6. The lowest BCUT2D eigenvalue weighted by Crippen LogP contribution is -2.11. The van der Waals surface area contributed by atoms with E-state index in [1.807, 2.05) is 12.1 Å². The van der Waals surface area contributed by atoms with Gasteiger partial charge in [-0.05, 0) is 91.3 Å². The monoisotopic (exact) mass is 739 g/mol. The van der Waals surface area contributed by atoms with Crippen LogP contribution in [0.5, 0.6) is 0 Å². The molecule has 2 nitrogen and oxygen atoms in total. The van der Waals surface area contributed by atoms with E-state index in [-0.39, 0.29) is 0 Å². The van der Waals surface area contributed by atoms with Gasteiger partial charge in [-0.1, -0.05) is 188 Å². The smallest absolute Gasteiger partial charge is 0.143 e. The first-order chi connectivity index (χ1) is 28.8. The van der Waals surface area contributed by atoms with E-state index in [2.05, 4.69) is 217 Å². The number of anilines is 3. The van der Waals surface area contributed by atoms with Crippen molar-refractivity contribution in [3.8, 4) is 44.5 Å². The number of para-hydroxylation sites is 3. The van der Waals surface area contributed by atoms with Crippen LogP contribution in [0.3, 0.4) is 0 Å². The van der Waals surface area contributed by atoms with Gasteiger partial charge < -0.3 is 9.32 Å². The molecule has 1 aromatic heterocycles. The third-order valence-corrected chi connectivity index (χ3v) is 11.5. The average molecular weight is 740 g/mol. The largest absolute Gasteiger partial charge is 0.455 e. The molecule has 0 bridgehead atoms. The maximum atomic E-state index is 6.44. The quantitative estimate of drug-likeness (QED) is 0.162. The zero-order chi connectivity index (χ0) is 38.4. The maximum Gasteiger partial charge on any atom is 0.143 e. The Morgan fingerprint density at radius 1 is 0.276 bits per heavy atom. The Morgan fingerprint density at radius 3 is 1.41 bits per heavy atom. The van der Waals surface area contributed by atoms with Crippen LogP contribution in [0.4, 0.5) is 17.1 Å². The minimum Gasteiger partial charge on any atom is -0.455 e. The summed E-state index contributed by atoms with van der Waals surface area (Å²) in [5, 5.41) is 7.24. The zero-order valence-electron chi connectivity index (χ0n) is 31.7. The van der Waals surface area contributed by atoms with E-state index in [1.54, 1.807) is 0 Å². The summed E-state index contributed by atoms with van der Waals surface area (Å²) in [6.45, 7) is 0. The lowest BCUT2D eigenvalue weighted by Gasteiger charge is -2.28. The standard InChI is InChI=1S/C56H37NO/c1-3-16-46-40(12-1)14-9-20-47(46)42-28-26-38(27-29-42)39-30-34-44(35-31-39)57(54-24-7-5-18-51(54)50-22-10-15-41-13-2-4-17-48(41)50)45-36-32-43(33-37-45)49-21-11-23-53-52-19-6-8-25-55(52)58-56(49)53/h1-37H. The van der Waals surface area contributed by atoms with Crippen molar-refractivity contribution in [3.63, 3.8) is 0 Å². The molecule has 0 aliphatic carbocycles. The van der Waals surface area contributed by atoms with Crippen molar-refractivity contribution in [1.29, 1.82) is 0 Å².